The molecule has 0 spiro atoms. The van der Waals surface area contributed by atoms with Crippen LogP contribution >= 0.6 is 0 Å². The van der Waals surface area contributed by atoms with Crippen LogP contribution in [0.4, 0.5) is 4.79 Å². The van der Waals surface area contributed by atoms with Gasteiger partial charge in [-0.15, -0.1) is 0 Å². The molecule has 41 heavy (non-hydrogen) atoms. The van der Waals surface area contributed by atoms with E-state index in [0.29, 0.717) is 5.56 Å². The van der Waals surface area contributed by atoms with Crippen molar-refractivity contribution in [2.45, 2.75) is 59.2 Å². The minimum atomic E-state index is -0.653. The summed E-state index contributed by atoms with van der Waals surface area (Å²) in [5.74, 6) is -1.02. The lowest BCUT2D eigenvalue weighted by Crippen LogP contribution is -2.36. The van der Waals surface area contributed by atoms with E-state index in [1.165, 1.54) is 0 Å². The number of fused-ring (bicyclic) bond motifs is 1. The predicted octanol–water partition coefficient (Wildman–Crippen LogP) is 6.63. The second-order valence-electron chi connectivity index (χ2n) is 11.3. The van der Waals surface area contributed by atoms with Gasteiger partial charge in [0.2, 0.25) is 0 Å². The van der Waals surface area contributed by atoms with Crippen LogP contribution in [0.15, 0.2) is 79.1 Å². The second kappa shape index (κ2) is 12.8. The number of alkyl carbamates (subject to hydrolysis) is 1. The number of hydrogen-bond acceptors (Lipinski definition) is 6. The van der Waals surface area contributed by atoms with Gasteiger partial charge in [0.05, 0.1) is 11.5 Å². The molecule has 4 aromatic rings. The zero-order valence-corrected chi connectivity index (χ0v) is 24.2. The van der Waals surface area contributed by atoms with Gasteiger partial charge in [-0.05, 0) is 74.4 Å². The number of ether oxygens (including phenoxy) is 2. The van der Waals surface area contributed by atoms with Crippen molar-refractivity contribution < 1.29 is 23.9 Å². The minimum absolute atomic E-state index is 0.0384. The summed E-state index contributed by atoms with van der Waals surface area (Å²) >= 11 is 0. The van der Waals surface area contributed by atoms with Crippen LogP contribution in [-0.2, 0) is 27.3 Å². The largest absolute Gasteiger partial charge is 0.457 e. The number of hydrogen-bond donors (Lipinski definition) is 1. The van der Waals surface area contributed by atoms with Crippen LogP contribution in [0.3, 0.4) is 0 Å². The van der Waals surface area contributed by atoms with E-state index in [2.05, 4.69) is 10.3 Å². The molecule has 0 saturated carbocycles. The van der Waals surface area contributed by atoms with Gasteiger partial charge in [0.25, 0.3) is 0 Å². The van der Waals surface area contributed by atoms with Crippen LogP contribution in [0.1, 0.15) is 64.9 Å². The van der Waals surface area contributed by atoms with Crippen molar-refractivity contribution in [2.75, 3.05) is 6.54 Å². The van der Waals surface area contributed by atoms with E-state index in [-0.39, 0.29) is 31.3 Å². The van der Waals surface area contributed by atoms with Gasteiger partial charge in [0.1, 0.15) is 18.0 Å². The number of carbonyl (C=O) groups is 3. The predicted molar refractivity (Wildman–Crippen MR) is 159 cm³/mol. The molecule has 0 fully saturated rings. The smallest absolute Gasteiger partial charge is 0.407 e. The Kier molecular flexibility index (Phi) is 9.17. The standard InChI is InChI=1S/C34H36N2O5/c1-22-6-13-29(23(2)16-22)32(38)40-21-24-7-10-26(11-8-24)30(20-36-33(39)41-34(3,4)5)31(37)18-25-9-12-28-19-35-15-14-27(28)17-25/h6-17,19,30H,18,20-21H2,1-5H3,(H,36,39). The van der Waals surface area contributed by atoms with E-state index in [0.717, 1.165) is 38.6 Å². The average Bonchev–Trinajstić information content (AvgIpc) is 2.91. The van der Waals surface area contributed by atoms with Crippen LogP contribution in [-0.4, -0.2) is 35.0 Å². The van der Waals surface area contributed by atoms with E-state index in [4.69, 9.17) is 9.47 Å². The first kappa shape index (κ1) is 29.5. The third-order valence-corrected chi connectivity index (χ3v) is 6.68. The molecule has 3 aromatic carbocycles. The first-order chi connectivity index (χ1) is 19.5. The zero-order chi connectivity index (χ0) is 29.6. The summed E-state index contributed by atoms with van der Waals surface area (Å²) in [6, 6.07) is 20.7. The molecule has 7 heteroatoms. The summed E-state index contributed by atoms with van der Waals surface area (Å²) in [6.45, 7) is 9.42. The fraction of sp³-hybridized carbons (Fsp3) is 0.294. The number of aryl methyl sites for hydroxylation is 2. The molecule has 212 valence electrons. The fourth-order valence-corrected chi connectivity index (χ4v) is 4.60. The quantitative estimate of drug-likeness (QED) is 0.234. The highest BCUT2D eigenvalue weighted by Gasteiger charge is 2.24. The number of nitrogens with one attached hydrogen (secondary N) is 1. The van der Waals surface area contributed by atoms with E-state index in [9.17, 15) is 14.4 Å². The lowest BCUT2D eigenvalue weighted by Gasteiger charge is -2.22. The molecule has 1 heterocycles. The van der Waals surface area contributed by atoms with Gasteiger partial charge in [0.15, 0.2) is 0 Å². The molecule has 0 aliphatic carbocycles. The number of benzene rings is 3. The van der Waals surface area contributed by atoms with Crippen LogP contribution in [0.25, 0.3) is 10.8 Å². The first-order valence-corrected chi connectivity index (χ1v) is 13.6. The highest BCUT2D eigenvalue weighted by atomic mass is 16.6. The maximum atomic E-state index is 13.6. The maximum absolute atomic E-state index is 13.6. The van der Waals surface area contributed by atoms with Gasteiger partial charge in [-0.1, -0.05) is 60.2 Å². The van der Waals surface area contributed by atoms with E-state index in [1.54, 1.807) is 39.2 Å². The number of rotatable bonds is 9. The van der Waals surface area contributed by atoms with Gasteiger partial charge < -0.3 is 14.8 Å². The third kappa shape index (κ3) is 8.24. The SMILES string of the molecule is Cc1ccc(C(=O)OCc2ccc(C(CNC(=O)OC(C)(C)C)C(=O)Cc3ccc4cnccc4c3)cc2)c(C)c1. The molecule has 1 unspecified atom stereocenters. The summed E-state index contributed by atoms with van der Waals surface area (Å²) in [6.07, 6.45) is 3.13. The monoisotopic (exact) mass is 552 g/mol. The number of carbonyl (C=O) groups excluding carboxylic acids is 3. The van der Waals surface area contributed by atoms with Gasteiger partial charge in [-0.2, -0.15) is 0 Å². The number of pyridine rings is 1. The van der Waals surface area contributed by atoms with Crippen molar-refractivity contribution >= 4 is 28.6 Å². The Morgan fingerprint density at radius 3 is 2.32 bits per heavy atom. The summed E-state index contributed by atoms with van der Waals surface area (Å²) in [5, 5.41) is 4.77. The molecule has 1 atom stereocenters. The Labute approximate surface area is 240 Å². The van der Waals surface area contributed by atoms with Crippen molar-refractivity contribution in [1.82, 2.24) is 10.3 Å². The van der Waals surface area contributed by atoms with Gasteiger partial charge in [-0.3, -0.25) is 9.78 Å². The molecule has 4 rings (SSSR count). The number of Topliss-reactive ketones (excluding diaryl/α,β-unsaturated/α-hetero) is 1. The lowest BCUT2D eigenvalue weighted by molar-refractivity contribution is -0.119. The molecular formula is C34H36N2O5. The van der Waals surface area contributed by atoms with Crippen molar-refractivity contribution in [1.29, 1.82) is 0 Å². The molecule has 0 saturated heterocycles. The molecule has 0 bridgehead atoms. The first-order valence-electron chi connectivity index (χ1n) is 13.6. The highest BCUT2D eigenvalue weighted by molar-refractivity contribution is 5.91. The molecule has 7 nitrogen and oxygen atoms in total. The van der Waals surface area contributed by atoms with Crippen molar-refractivity contribution in [3.05, 3.63) is 113 Å². The normalized spacial score (nSPS) is 12.0. The summed E-state index contributed by atoms with van der Waals surface area (Å²) < 4.78 is 10.9. The molecule has 0 aliphatic heterocycles. The highest BCUT2D eigenvalue weighted by Crippen LogP contribution is 2.22. The fourth-order valence-electron chi connectivity index (χ4n) is 4.60. The Balaban J connectivity index is 1.48. The molecule has 0 aliphatic rings. The minimum Gasteiger partial charge on any atom is -0.457 e. The molecule has 1 N–H and O–H groups in total. The Morgan fingerprint density at radius 1 is 0.878 bits per heavy atom. The van der Waals surface area contributed by atoms with Crippen molar-refractivity contribution in [3.63, 3.8) is 0 Å². The molecule has 0 radical (unpaired) electrons. The van der Waals surface area contributed by atoms with Crippen molar-refractivity contribution in [2.24, 2.45) is 0 Å². The van der Waals surface area contributed by atoms with Gasteiger partial charge in [-0.25, -0.2) is 9.59 Å². The second-order valence-corrected chi connectivity index (χ2v) is 11.3. The number of ketones is 1. The van der Waals surface area contributed by atoms with Crippen LogP contribution < -0.4 is 5.32 Å². The van der Waals surface area contributed by atoms with E-state index in [1.807, 2.05) is 74.5 Å². The average molecular weight is 553 g/mol. The summed E-state index contributed by atoms with van der Waals surface area (Å²) in [5.41, 5.74) is 4.26. The number of esters is 1. The Bertz CT molecular complexity index is 1550. The topological polar surface area (TPSA) is 94.6 Å². The van der Waals surface area contributed by atoms with Crippen molar-refractivity contribution in [3.8, 4) is 0 Å². The molecule has 1 amide bonds. The van der Waals surface area contributed by atoms with Crippen LogP contribution in [0.5, 0.6) is 0 Å². The maximum Gasteiger partial charge on any atom is 0.407 e. The van der Waals surface area contributed by atoms with E-state index >= 15 is 0 Å². The number of nitrogens with zero attached hydrogens (tertiary/aromatic N) is 1. The molecule has 1 aromatic heterocycles. The third-order valence-electron chi connectivity index (χ3n) is 6.68. The number of aromatic nitrogens is 1. The summed E-state index contributed by atoms with van der Waals surface area (Å²) in [4.78, 5) is 42.7. The molecular weight excluding hydrogens is 516 g/mol. The van der Waals surface area contributed by atoms with Crippen LogP contribution in [0, 0.1) is 13.8 Å². The lowest BCUT2D eigenvalue weighted by atomic mass is 9.90. The zero-order valence-electron chi connectivity index (χ0n) is 24.2. The number of amides is 1. The summed E-state index contributed by atoms with van der Waals surface area (Å²) in [7, 11) is 0. The van der Waals surface area contributed by atoms with E-state index < -0.39 is 17.6 Å². The Hall–Kier alpha value is -4.52. The van der Waals surface area contributed by atoms with Gasteiger partial charge >= 0.3 is 12.1 Å². The van der Waals surface area contributed by atoms with Crippen LogP contribution in [0.2, 0.25) is 0 Å². The Morgan fingerprint density at radius 2 is 1.61 bits per heavy atom. The van der Waals surface area contributed by atoms with Gasteiger partial charge in [0, 0.05) is 30.7 Å².